The predicted molar refractivity (Wildman–Crippen MR) is 84.2 cm³/mol. The highest BCUT2D eigenvalue weighted by Gasteiger charge is 2.26. The summed E-state index contributed by atoms with van der Waals surface area (Å²) in [5, 5.41) is 20.0. The molecule has 4 atom stereocenters. The van der Waals surface area contributed by atoms with E-state index in [4.69, 9.17) is 9.47 Å². The Morgan fingerprint density at radius 3 is 1.64 bits per heavy atom. The first-order valence-electron chi connectivity index (χ1n) is 8.52. The molecule has 2 aliphatic carbocycles. The van der Waals surface area contributed by atoms with Crippen LogP contribution in [0.4, 0.5) is 0 Å². The SMILES string of the molecule is OC1CCCCC1Oc1cccc(OC2CCCCC2O)c1. The zero-order valence-corrected chi connectivity index (χ0v) is 13.0. The van der Waals surface area contributed by atoms with Crippen LogP contribution in [0.5, 0.6) is 11.5 Å². The number of benzene rings is 1. The van der Waals surface area contributed by atoms with Gasteiger partial charge in [-0.3, -0.25) is 0 Å². The second kappa shape index (κ2) is 7.34. The van der Waals surface area contributed by atoms with Crippen molar-refractivity contribution in [2.75, 3.05) is 0 Å². The van der Waals surface area contributed by atoms with Gasteiger partial charge in [-0.25, -0.2) is 0 Å². The molecule has 0 spiro atoms. The molecule has 2 aliphatic rings. The molecule has 0 bridgehead atoms. The topological polar surface area (TPSA) is 58.9 Å². The van der Waals surface area contributed by atoms with Gasteiger partial charge in [-0.15, -0.1) is 0 Å². The molecule has 4 unspecified atom stereocenters. The highest BCUT2D eigenvalue weighted by atomic mass is 16.5. The summed E-state index contributed by atoms with van der Waals surface area (Å²) in [4.78, 5) is 0. The van der Waals surface area contributed by atoms with Crippen LogP contribution in [-0.2, 0) is 0 Å². The van der Waals surface area contributed by atoms with E-state index in [1.807, 2.05) is 24.3 Å². The van der Waals surface area contributed by atoms with Crippen molar-refractivity contribution in [2.45, 2.75) is 75.8 Å². The summed E-state index contributed by atoms with van der Waals surface area (Å²) >= 11 is 0. The first-order chi connectivity index (χ1) is 10.7. The number of aliphatic hydroxyl groups is 2. The third kappa shape index (κ3) is 3.93. The number of ether oxygens (including phenoxy) is 2. The molecule has 0 radical (unpaired) electrons. The van der Waals surface area contributed by atoms with Crippen molar-refractivity contribution in [3.8, 4) is 11.5 Å². The molecule has 4 nitrogen and oxygen atoms in total. The van der Waals surface area contributed by atoms with Gasteiger partial charge in [0.1, 0.15) is 23.7 Å². The van der Waals surface area contributed by atoms with Crippen molar-refractivity contribution < 1.29 is 19.7 Å². The summed E-state index contributed by atoms with van der Waals surface area (Å²) in [5.41, 5.74) is 0. The van der Waals surface area contributed by atoms with Gasteiger partial charge in [-0.2, -0.15) is 0 Å². The first-order valence-corrected chi connectivity index (χ1v) is 8.52. The summed E-state index contributed by atoms with van der Waals surface area (Å²) in [6, 6.07) is 7.55. The minimum absolute atomic E-state index is 0.121. The van der Waals surface area contributed by atoms with Crippen LogP contribution in [-0.4, -0.2) is 34.6 Å². The van der Waals surface area contributed by atoms with E-state index in [0.29, 0.717) is 0 Å². The Kier molecular flexibility index (Phi) is 5.21. The van der Waals surface area contributed by atoms with Crippen LogP contribution in [0.3, 0.4) is 0 Å². The number of aliphatic hydroxyl groups excluding tert-OH is 2. The lowest BCUT2D eigenvalue weighted by Crippen LogP contribution is -2.35. The van der Waals surface area contributed by atoms with Gasteiger partial charge < -0.3 is 19.7 Å². The molecular weight excluding hydrogens is 280 g/mol. The van der Waals surface area contributed by atoms with Crippen LogP contribution >= 0.6 is 0 Å². The van der Waals surface area contributed by atoms with E-state index < -0.39 is 0 Å². The largest absolute Gasteiger partial charge is 0.488 e. The molecule has 0 heterocycles. The van der Waals surface area contributed by atoms with E-state index in [-0.39, 0.29) is 24.4 Å². The molecule has 2 saturated carbocycles. The van der Waals surface area contributed by atoms with Crippen LogP contribution < -0.4 is 9.47 Å². The molecule has 3 rings (SSSR count). The minimum Gasteiger partial charge on any atom is -0.488 e. The zero-order chi connectivity index (χ0) is 15.4. The molecule has 0 aromatic heterocycles. The fraction of sp³-hybridized carbons (Fsp3) is 0.667. The third-order valence-electron chi connectivity index (χ3n) is 4.72. The highest BCUT2D eigenvalue weighted by molar-refractivity contribution is 5.33. The second-order valence-corrected chi connectivity index (χ2v) is 6.49. The molecule has 2 fully saturated rings. The van der Waals surface area contributed by atoms with Gasteiger partial charge in [-0.05, 0) is 50.7 Å². The minimum atomic E-state index is -0.376. The smallest absolute Gasteiger partial charge is 0.124 e. The number of rotatable bonds is 4. The Labute approximate surface area is 132 Å². The second-order valence-electron chi connectivity index (χ2n) is 6.49. The summed E-state index contributed by atoms with van der Waals surface area (Å²) in [7, 11) is 0. The van der Waals surface area contributed by atoms with Crippen LogP contribution in [0.1, 0.15) is 51.4 Å². The maximum atomic E-state index is 10.0. The van der Waals surface area contributed by atoms with Gasteiger partial charge in [0.2, 0.25) is 0 Å². The Morgan fingerprint density at radius 1 is 0.727 bits per heavy atom. The van der Waals surface area contributed by atoms with Crippen molar-refractivity contribution in [3.05, 3.63) is 24.3 Å². The van der Waals surface area contributed by atoms with E-state index >= 15 is 0 Å². The van der Waals surface area contributed by atoms with Gasteiger partial charge in [-0.1, -0.05) is 18.9 Å². The lowest BCUT2D eigenvalue weighted by atomic mass is 9.94. The van der Waals surface area contributed by atoms with E-state index in [2.05, 4.69) is 0 Å². The molecule has 0 saturated heterocycles. The summed E-state index contributed by atoms with van der Waals surface area (Å²) in [6.07, 6.45) is 6.78. The first kappa shape index (κ1) is 15.6. The molecule has 1 aromatic rings. The van der Waals surface area contributed by atoms with Crippen molar-refractivity contribution in [2.24, 2.45) is 0 Å². The van der Waals surface area contributed by atoms with E-state index in [9.17, 15) is 10.2 Å². The zero-order valence-electron chi connectivity index (χ0n) is 13.0. The fourth-order valence-electron chi connectivity index (χ4n) is 3.40. The molecule has 22 heavy (non-hydrogen) atoms. The van der Waals surface area contributed by atoms with Gasteiger partial charge in [0.15, 0.2) is 0 Å². The van der Waals surface area contributed by atoms with Crippen molar-refractivity contribution in [1.29, 1.82) is 0 Å². The van der Waals surface area contributed by atoms with Crippen molar-refractivity contribution in [3.63, 3.8) is 0 Å². The standard InChI is InChI=1S/C18H26O4/c19-15-8-1-3-10-17(15)21-13-6-5-7-14(12-13)22-18-11-4-2-9-16(18)20/h5-7,12,15-20H,1-4,8-11H2. The Morgan fingerprint density at radius 2 is 1.18 bits per heavy atom. The summed E-state index contributed by atoms with van der Waals surface area (Å²) < 4.78 is 11.9. The number of hydrogen-bond donors (Lipinski definition) is 2. The normalized spacial score (nSPS) is 32.5. The van der Waals surface area contributed by atoms with Crippen LogP contribution in [0.2, 0.25) is 0 Å². The molecule has 0 amide bonds. The monoisotopic (exact) mass is 306 g/mol. The maximum Gasteiger partial charge on any atom is 0.124 e. The van der Waals surface area contributed by atoms with Gasteiger partial charge >= 0.3 is 0 Å². The lowest BCUT2D eigenvalue weighted by Gasteiger charge is -2.29. The molecule has 1 aromatic carbocycles. The molecular formula is C18H26O4. The quantitative estimate of drug-likeness (QED) is 0.897. The highest BCUT2D eigenvalue weighted by Crippen LogP contribution is 2.29. The number of hydrogen-bond acceptors (Lipinski definition) is 4. The molecule has 2 N–H and O–H groups in total. The Hall–Kier alpha value is -1.26. The fourth-order valence-corrected chi connectivity index (χ4v) is 3.40. The maximum absolute atomic E-state index is 10.0. The summed E-state index contributed by atoms with van der Waals surface area (Å²) in [6.45, 7) is 0. The van der Waals surface area contributed by atoms with Crippen molar-refractivity contribution >= 4 is 0 Å². The third-order valence-corrected chi connectivity index (χ3v) is 4.72. The van der Waals surface area contributed by atoms with Gasteiger partial charge in [0, 0.05) is 6.07 Å². The van der Waals surface area contributed by atoms with E-state index in [0.717, 1.165) is 62.9 Å². The predicted octanol–water partition coefficient (Wildman–Crippen LogP) is 3.05. The van der Waals surface area contributed by atoms with Crippen LogP contribution in [0.25, 0.3) is 0 Å². The Bertz CT molecular complexity index is 437. The van der Waals surface area contributed by atoms with Gasteiger partial charge in [0.25, 0.3) is 0 Å². The molecule has 0 aliphatic heterocycles. The molecule has 4 heteroatoms. The molecule has 122 valence electrons. The van der Waals surface area contributed by atoms with Crippen LogP contribution in [0.15, 0.2) is 24.3 Å². The van der Waals surface area contributed by atoms with Gasteiger partial charge in [0.05, 0.1) is 12.2 Å². The average Bonchev–Trinajstić information content (AvgIpc) is 2.52. The van der Waals surface area contributed by atoms with E-state index in [1.165, 1.54) is 0 Å². The lowest BCUT2D eigenvalue weighted by molar-refractivity contribution is 0.00303. The summed E-state index contributed by atoms with van der Waals surface area (Å²) in [5.74, 6) is 1.46. The van der Waals surface area contributed by atoms with Crippen molar-refractivity contribution in [1.82, 2.24) is 0 Å². The Balaban J connectivity index is 1.62. The van der Waals surface area contributed by atoms with Crippen LogP contribution in [0, 0.1) is 0 Å². The van der Waals surface area contributed by atoms with E-state index in [1.54, 1.807) is 0 Å². The average molecular weight is 306 g/mol.